The minimum atomic E-state index is -0.641. The Morgan fingerprint density at radius 1 is 1.05 bits per heavy atom. The maximum absolute atomic E-state index is 11.8. The molecule has 0 amide bonds. The normalized spacial score (nSPS) is 9.86. The number of hydroxylamine groups is 1. The van der Waals surface area contributed by atoms with E-state index in [2.05, 4.69) is 16.9 Å². The second-order valence-corrected chi connectivity index (χ2v) is 4.40. The number of rotatable bonds is 7. The van der Waals surface area contributed by atoms with Crippen molar-refractivity contribution in [2.24, 2.45) is 0 Å². The average molecular weight is 299 g/mol. The van der Waals surface area contributed by atoms with Crippen molar-refractivity contribution in [2.75, 3.05) is 7.11 Å². The molecule has 0 atom stereocenters. The predicted octanol–water partition coefficient (Wildman–Crippen LogP) is 2.84. The van der Waals surface area contributed by atoms with Crippen molar-refractivity contribution in [3.63, 3.8) is 0 Å². The lowest BCUT2D eigenvalue weighted by Gasteiger charge is -2.12. The van der Waals surface area contributed by atoms with E-state index in [0.717, 1.165) is 5.56 Å². The molecule has 114 valence electrons. The molecule has 0 unspecified atom stereocenters. The van der Waals surface area contributed by atoms with Crippen molar-refractivity contribution in [1.29, 1.82) is 0 Å². The number of nitrogens with one attached hydrogen (secondary N) is 1. The van der Waals surface area contributed by atoms with Gasteiger partial charge in [-0.2, -0.15) is 0 Å². The van der Waals surface area contributed by atoms with Crippen LogP contribution in [0.25, 0.3) is 0 Å². The van der Waals surface area contributed by atoms with E-state index in [-0.39, 0.29) is 5.70 Å². The van der Waals surface area contributed by atoms with Crippen LogP contribution in [0, 0.1) is 0 Å². The summed E-state index contributed by atoms with van der Waals surface area (Å²) in [5, 5.41) is 0. The van der Waals surface area contributed by atoms with Crippen LogP contribution in [0.3, 0.4) is 0 Å². The number of carbonyl (C=O) groups is 1. The second-order valence-electron chi connectivity index (χ2n) is 4.40. The highest BCUT2D eigenvalue weighted by molar-refractivity contribution is 5.88. The van der Waals surface area contributed by atoms with Gasteiger partial charge < -0.3 is 9.47 Å². The number of hydrogen-bond acceptors (Lipinski definition) is 5. The molecule has 2 rings (SSSR count). The maximum atomic E-state index is 11.8. The van der Waals surface area contributed by atoms with Crippen LogP contribution in [-0.4, -0.2) is 13.1 Å². The third-order valence-electron chi connectivity index (χ3n) is 2.76. The van der Waals surface area contributed by atoms with Crippen molar-refractivity contribution in [2.45, 2.75) is 6.61 Å². The number of para-hydroxylation sites is 2. The second kappa shape index (κ2) is 7.85. The Balaban J connectivity index is 2.03. The van der Waals surface area contributed by atoms with Gasteiger partial charge in [0.2, 0.25) is 0 Å². The SMILES string of the molecule is C=C(NOC)C(=O)Oc1ccccc1OCc1ccccc1. The van der Waals surface area contributed by atoms with Crippen molar-refractivity contribution in [1.82, 2.24) is 5.48 Å². The molecular weight excluding hydrogens is 282 g/mol. The zero-order valence-corrected chi connectivity index (χ0v) is 12.2. The van der Waals surface area contributed by atoms with Crippen LogP contribution in [0.5, 0.6) is 11.5 Å². The lowest BCUT2D eigenvalue weighted by molar-refractivity contribution is -0.132. The van der Waals surface area contributed by atoms with Gasteiger partial charge in [-0.05, 0) is 17.7 Å². The summed E-state index contributed by atoms with van der Waals surface area (Å²) in [6, 6.07) is 16.7. The Morgan fingerprint density at radius 2 is 1.68 bits per heavy atom. The van der Waals surface area contributed by atoms with E-state index < -0.39 is 5.97 Å². The molecule has 0 saturated carbocycles. The molecule has 1 N–H and O–H groups in total. The van der Waals surface area contributed by atoms with Gasteiger partial charge in [-0.25, -0.2) is 4.79 Å². The number of esters is 1. The zero-order valence-electron chi connectivity index (χ0n) is 12.2. The van der Waals surface area contributed by atoms with Gasteiger partial charge in [-0.15, -0.1) is 0 Å². The first kappa shape index (κ1) is 15.6. The molecule has 0 aromatic heterocycles. The third-order valence-corrected chi connectivity index (χ3v) is 2.76. The molecule has 0 aliphatic carbocycles. The minimum absolute atomic E-state index is 0.000336. The van der Waals surface area contributed by atoms with Gasteiger partial charge in [-0.3, -0.25) is 10.3 Å². The standard InChI is InChI=1S/C17H17NO4/c1-13(18-20-2)17(19)22-16-11-7-6-10-15(16)21-12-14-8-4-3-5-9-14/h3-11,18H,1,12H2,2H3. The molecule has 0 aliphatic heterocycles. The molecule has 0 aliphatic rings. The van der Waals surface area contributed by atoms with Crippen molar-refractivity contribution < 1.29 is 19.1 Å². The zero-order chi connectivity index (χ0) is 15.8. The van der Waals surface area contributed by atoms with E-state index in [1.54, 1.807) is 24.3 Å². The molecule has 0 heterocycles. The molecule has 2 aromatic rings. The first-order valence-corrected chi connectivity index (χ1v) is 6.66. The van der Waals surface area contributed by atoms with Crippen LogP contribution in [0.4, 0.5) is 0 Å². The van der Waals surface area contributed by atoms with Gasteiger partial charge in [0.25, 0.3) is 0 Å². The highest BCUT2D eigenvalue weighted by Gasteiger charge is 2.13. The quantitative estimate of drug-likeness (QED) is 0.369. The summed E-state index contributed by atoms with van der Waals surface area (Å²) in [4.78, 5) is 16.4. The van der Waals surface area contributed by atoms with Gasteiger partial charge in [0.15, 0.2) is 11.5 Å². The first-order chi connectivity index (χ1) is 10.7. The van der Waals surface area contributed by atoms with E-state index >= 15 is 0 Å². The van der Waals surface area contributed by atoms with Crippen molar-refractivity contribution >= 4 is 5.97 Å². The topological polar surface area (TPSA) is 56.8 Å². The van der Waals surface area contributed by atoms with Crippen LogP contribution < -0.4 is 15.0 Å². The smallest absolute Gasteiger partial charge is 0.361 e. The Labute approximate surface area is 129 Å². The van der Waals surface area contributed by atoms with E-state index in [1.807, 2.05) is 30.3 Å². The average Bonchev–Trinajstić information content (AvgIpc) is 2.55. The number of carbonyl (C=O) groups excluding carboxylic acids is 1. The van der Waals surface area contributed by atoms with E-state index in [1.165, 1.54) is 7.11 Å². The summed E-state index contributed by atoms with van der Waals surface area (Å²) >= 11 is 0. The lowest BCUT2D eigenvalue weighted by Crippen LogP contribution is -2.22. The minimum Gasteiger partial charge on any atom is -0.485 e. The highest BCUT2D eigenvalue weighted by Crippen LogP contribution is 2.27. The predicted molar refractivity (Wildman–Crippen MR) is 82.1 cm³/mol. The van der Waals surface area contributed by atoms with E-state index in [9.17, 15) is 4.79 Å². The highest BCUT2D eigenvalue weighted by atomic mass is 16.6. The molecule has 22 heavy (non-hydrogen) atoms. The van der Waals surface area contributed by atoms with Gasteiger partial charge in [0.05, 0.1) is 7.11 Å². The van der Waals surface area contributed by atoms with Crippen LogP contribution in [0.1, 0.15) is 5.56 Å². The number of ether oxygens (including phenoxy) is 2. The van der Waals surface area contributed by atoms with Gasteiger partial charge in [0.1, 0.15) is 12.3 Å². The fraction of sp³-hybridized carbons (Fsp3) is 0.118. The molecule has 0 bridgehead atoms. The van der Waals surface area contributed by atoms with E-state index in [4.69, 9.17) is 9.47 Å². The van der Waals surface area contributed by atoms with Crippen molar-refractivity contribution in [3.8, 4) is 11.5 Å². The first-order valence-electron chi connectivity index (χ1n) is 6.66. The Morgan fingerprint density at radius 3 is 2.36 bits per heavy atom. The molecule has 2 aromatic carbocycles. The third kappa shape index (κ3) is 4.36. The van der Waals surface area contributed by atoms with Crippen LogP contribution in [0.15, 0.2) is 66.9 Å². The molecule has 0 spiro atoms. The summed E-state index contributed by atoms with van der Waals surface area (Å²) in [7, 11) is 1.38. The lowest BCUT2D eigenvalue weighted by atomic mass is 10.2. The largest absolute Gasteiger partial charge is 0.485 e. The monoisotopic (exact) mass is 299 g/mol. The van der Waals surface area contributed by atoms with E-state index in [0.29, 0.717) is 18.1 Å². The van der Waals surface area contributed by atoms with Gasteiger partial charge >= 0.3 is 5.97 Å². The fourth-order valence-electron chi connectivity index (χ4n) is 1.72. The van der Waals surface area contributed by atoms with Crippen LogP contribution in [-0.2, 0) is 16.2 Å². The summed E-state index contributed by atoms with van der Waals surface area (Å²) in [6.07, 6.45) is 0. The summed E-state index contributed by atoms with van der Waals surface area (Å²) in [5.74, 6) is 0.157. The maximum Gasteiger partial charge on any atom is 0.361 e. The number of benzene rings is 2. The Hall–Kier alpha value is -2.79. The molecule has 0 saturated heterocycles. The Bertz CT molecular complexity index is 640. The summed E-state index contributed by atoms with van der Waals surface area (Å²) in [5.41, 5.74) is 3.36. The van der Waals surface area contributed by atoms with Crippen LogP contribution in [0.2, 0.25) is 0 Å². The number of hydrogen-bond donors (Lipinski definition) is 1. The van der Waals surface area contributed by atoms with Gasteiger partial charge in [0, 0.05) is 0 Å². The molecule has 5 nitrogen and oxygen atoms in total. The molecular formula is C17H17NO4. The van der Waals surface area contributed by atoms with Crippen molar-refractivity contribution in [3.05, 3.63) is 72.4 Å². The van der Waals surface area contributed by atoms with Crippen LogP contribution >= 0.6 is 0 Å². The molecule has 0 radical (unpaired) electrons. The summed E-state index contributed by atoms with van der Waals surface area (Å²) in [6.45, 7) is 3.89. The Kier molecular flexibility index (Phi) is 5.57. The molecule has 0 fully saturated rings. The summed E-state index contributed by atoms with van der Waals surface area (Å²) < 4.78 is 10.9. The molecule has 5 heteroatoms. The fourth-order valence-corrected chi connectivity index (χ4v) is 1.72. The van der Waals surface area contributed by atoms with Gasteiger partial charge in [-0.1, -0.05) is 49.0 Å².